The summed E-state index contributed by atoms with van der Waals surface area (Å²) in [5.74, 6) is -0.952. The van der Waals surface area contributed by atoms with Crippen LogP contribution in [0.1, 0.15) is 56.7 Å². The van der Waals surface area contributed by atoms with Gasteiger partial charge in [0, 0.05) is 17.8 Å². The van der Waals surface area contributed by atoms with E-state index in [9.17, 15) is 9.70 Å². The molecule has 0 aliphatic heterocycles. The Hall–Kier alpha value is -4.12. The van der Waals surface area contributed by atoms with E-state index in [1.54, 1.807) is 18.3 Å². The fourth-order valence-corrected chi connectivity index (χ4v) is 4.37. The number of nitroso groups, excluding NO2 is 1. The molecule has 0 aliphatic rings. The summed E-state index contributed by atoms with van der Waals surface area (Å²) in [6.07, 6.45) is 2.26. The molecule has 0 spiro atoms. The largest absolute Gasteiger partial charge is 0.478 e. The zero-order valence-corrected chi connectivity index (χ0v) is 19.2. The van der Waals surface area contributed by atoms with Gasteiger partial charge in [0.2, 0.25) is 0 Å². The first kappa shape index (κ1) is 23.1. The molecule has 0 bridgehead atoms. The molecule has 0 amide bonds. The molecule has 1 aromatic heterocycles. The third-order valence-corrected chi connectivity index (χ3v) is 6.23. The summed E-state index contributed by atoms with van der Waals surface area (Å²) in [7, 11) is 0. The highest BCUT2D eigenvalue weighted by Crippen LogP contribution is 2.37. The number of hydrogen-bond donors (Lipinski definition) is 1. The molecule has 1 heterocycles. The number of aromatic carboxylic acids is 1. The van der Waals surface area contributed by atoms with E-state index in [2.05, 4.69) is 41.4 Å². The molecule has 1 N–H and O–H groups in total. The second-order valence-corrected chi connectivity index (χ2v) is 8.50. The first-order chi connectivity index (χ1) is 16.5. The van der Waals surface area contributed by atoms with Gasteiger partial charge in [-0.25, -0.2) is 4.79 Å². The molecule has 3 aromatic carbocycles. The Morgan fingerprint density at radius 1 is 0.882 bits per heavy atom. The van der Waals surface area contributed by atoms with Crippen LogP contribution < -0.4 is 0 Å². The van der Waals surface area contributed by atoms with Crippen LogP contribution in [0.4, 0.5) is 0 Å². The van der Waals surface area contributed by atoms with Crippen LogP contribution >= 0.6 is 0 Å². The number of pyridine rings is 1. The summed E-state index contributed by atoms with van der Waals surface area (Å²) in [4.78, 5) is 27.3. The summed E-state index contributed by atoms with van der Waals surface area (Å²) in [5, 5.41) is 12.6. The van der Waals surface area contributed by atoms with Gasteiger partial charge in [-0.2, -0.15) is 4.91 Å². The average molecular weight is 451 g/mol. The number of nitrogens with zero attached hydrogens (tertiary/aromatic N) is 2. The first-order valence-corrected chi connectivity index (χ1v) is 11.2. The summed E-state index contributed by atoms with van der Waals surface area (Å²) >= 11 is 0. The van der Waals surface area contributed by atoms with Crippen molar-refractivity contribution in [3.8, 4) is 11.1 Å². The molecule has 34 heavy (non-hydrogen) atoms. The SMILES string of the molecule is Cc1cc(C(CC(c2ccc(-c3ccc(C(=O)O)cc3)cc2)c2ccccc2C)N=O)ccn1. The van der Waals surface area contributed by atoms with Crippen LogP contribution in [0.5, 0.6) is 0 Å². The van der Waals surface area contributed by atoms with Crippen LogP contribution in [0.2, 0.25) is 0 Å². The average Bonchev–Trinajstić information content (AvgIpc) is 2.86. The Bertz CT molecular complexity index is 1300. The molecule has 170 valence electrons. The van der Waals surface area contributed by atoms with E-state index in [1.807, 2.05) is 55.5 Å². The number of rotatable bonds is 8. The van der Waals surface area contributed by atoms with Gasteiger partial charge in [0.1, 0.15) is 6.04 Å². The van der Waals surface area contributed by atoms with Crippen LogP contribution in [0, 0.1) is 18.8 Å². The maximum Gasteiger partial charge on any atom is 0.335 e. The summed E-state index contributed by atoms with van der Waals surface area (Å²) in [5.41, 5.74) is 7.37. The third kappa shape index (κ3) is 5.09. The van der Waals surface area contributed by atoms with E-state index >= 15 is 0 Å². The fourth-order valence-electron chi connectivity index (χ4n) is 4.37. The van der Waals surface area contributed by atoms with Crippen molar-refractivity contribution in [3.63, 3.8) is 0 Å². The van der Waals surface area contributed by atoms with E-state index in [0.29, 0.717) is 6.42 Å². The molecule has 5 nitrogen and oxygen atoms in total. The van der Waals surface area contributed by atoms with Crippen molar-refractivity contribution in [1.29, 1.82) is 0 Å². The Balaban J connectivity index is 1.68. The van der Waals surface area contributed by atoms with Gasteiger partial charge >= 0.3 is 5.97 Å². The highest BCUT2D eigenvalue weighted by Gasteiger charge is 2.23. The van der Waals surface area contributed by atoms with Crippen molar-refractivity contribution in [2.45, 2.75) is 32.2 Å². The van der Waals surface area contributed by atoms with Crippen molar-refractivity contribution in [2.24, 2.45) is 5.18 Å². The van der Waals surface area contributed by atoms with Gasteiger partial charge in [-0.15, -0.1) is 0 Å². The zero-order chi connectivity index (χ0) is 24.1. The van der Waals surface area contributed by atoms with E-state index < -0.39 is 12.0 Å². The van der Waals surface area contributed by atoms with E-state index in [1.165, 1.54) is 5.56 Å². The second kappa shape index (κ2) is 10.2. The standard InChI is InChI=1S/C29H26N2O3/c1-19-5-3-4-6-26(19)27(18-28(31-34)25-15-16-30-20(2)17-25)23-11-7-21(8-12-23)22-9-13-24(14-10-22)29(32)33/h3-17,27-28H,18H2,1-2H3,(H,32,33). The Morgan fingerprint density at radius 2 is 1.53 bits per heavy atom. The molecule has 2 unspecified atom stereocenters. The molecule has 4 rings (SSSR count). The van der Waals surface area contributed by atoms with Gasteiger partial charge in [-0.3, -0.25) is 4.98 Å². The van der Waals surface area contributed by atoms with Gasteiger partial charge in [0.25, 0.3) is 0 Å². The third-order valence-electron chi connectivity index (χ3n) is 6.23. The summed E-state index contributed by atoms with van der Waals surface area (Å²) in [6.45, 7) is 3.99. The molecule has 0 radical (unpaired) electrons. The molecule has 4 aromatic rings. The van der Waals surface area contributed by atoms with Crippen LogP contribution in [-0.2, 0) is 0 Å². The normalized spacial score (nSPS) is 12.6. The van der Waals surface area contributed by atoms with Crippen molar-refractivity contribution < 1.29 is 9.90 Å². The Morgan fingerprint density at radius 3 is 2.12 bits per heavy atom. The zero-order valence-electron chi connectivity index (χ0n) is 19.2. The molecule has 2 atom stereocenters. The van der Waals surface area contributed by atoms with Gasteiger partial charge in [-0.1, -0.05) is 65.8 Å². The van der Waals surface area contributed by atoms with Gasteiger partial charge in [0.15, 0.2) is 0 Å². The lowest BCUT2D eigenvalue weighted by molar-refractivity contribution is 0.0697. The van der Waals surface area contributed by atoms with Gasteiger partial charge in [0.05, 0.1) is 5.56 Å². The van der Waals surface area contributed by atoms with Gasteiger partial charge in [-0.05, 0) is 77.9 Å². The van der Waals surface area contributed by atoms with Crippen molar-refractivity contribution in [1.82, 2.24) is 4.98 Å². The number of carbonyl (C=O) groups is 1. The molecule has 5 heteroatoms. The number of carboxylic acids is 1. The summed E-state index contributed by atoms with van der Waals surface area (Å²) < 4.78 is 0. The van der Waals surface area contributed by atoms with Crippen molar-refractivity contribution in [2.75, 3.05) is 0 Å². The van der Waals surface area contributed by atoms with Crippen molar-refractivity contribution in [3.05, 3.63) is 130 Å². The van der Waals surface area contributed by atoms with Crippen LogP contribution in [0.25, 0.3) is 11.1 Å². The highest BCUT2D eigenvalue weighted by atomic mass is 16.4. The molecule has 0 saturated heterocycles. The lowest BCUT2D eigenvalue weighted by atomic mass is 9.82. The minimum Gasteiger partial charge on any atom is -0.478 e. The lowest BCUT2D eigenvalue weighted by Crippen LogP contribution is -2.09. The second-order valence-electron chi connectivity index (χ2n) is 8.50. The fraction of sp³-hybridized carbons (Fsp3) is 0.172. The molecular weight excluding hydrogens is 424 g/mol. The highest BCUT2D eigenvalue weighted by molar-refractivity contribution is 5.88. The maximum atomic E-state index is 11.9. The smallest absolute Gasteiger partial charge is 0.335 e. The Labute approximate surface area is 199 Å². The van der Waals surface area contributed by atoms with Crippen LogP contribution in [-0.4, -0.2) is 16.1 Å². The predicted octanol–water partition coefficient (Wildman–Crippen LogP) is 7.09. The Kier molecular flexibility index (Phi) is 6.93. The maximum absolute atomic E-state index is 11.9. The minimum atomic E-state index is -0.939. The predicted molar refractivity (Wildman–Crippen MR) is 134 cm³/mol. The molecular formula is C29H26N2O3. The number of aryl methyl sites for hydroxylation is 2. The number of carboxylic acid groups (broad SMARTS) is 1. The summed E-state index contributed by atoms with van der Waals surface area (Å²) in [6, 6.07) is 26.6. The van der Waals surface area contributed by atoms with E-state index in [4.69, 9.17) is 5.11 Å². The number of benzene rings is 3. The van der Waals surface area contributed by atoms with E-state index in [0.717, 1.165) is 33.5 Å². The number of hydrogen-bond acceptors (Lipinski definition) is 4. The van der Waals surface area contributed by atoms with Crippen LogP contribution in [0.3, 0.4) is 0 Å². The topological polar surface area (TPSA) is 79.6 Å². The molecule has 0 fully saturated rings. The minimum absolute atomic E-state index is 0.0131. The number of aromatic nitrogens is 1. The lowest BCUT2D eigenvalue weighted by Gasteiger charge is -2.23. The molecule has 0 aliphatic carbocycles. The van der Waals surface area contributed by atoms with E-state index in [-0.39, 0.29) is 11.5 Å². The van der Waals surface area contributed by atoms with Crippen LogP contribution in [0.15, 0.2) is 96.3 Å². The quantitative estimate of drug-likeness (QED) is 0.291. The van der Waals surface area contributed by atoms with Crippen molar-refractivity contribution >= 4 is 5.97 Å². The molecule has 0 saturated carbocycles. The van der Waals surface area contributed by atoms with Gasteiger partial charge < -0.3 is 5.11 Å². The monoisotopic (exact) mass is 450 g/mol. The first-order valence-electron chi connectivity index (χ1n) is 11.2.